The zero-order chi connectivity index (χ0) is 24.6. The second-order valence-electron chi connectivity index (χ2n) is 8.41. The predicted molar refractivity (Wildman–Crippen MR) is 137 cm³/mol. The summed E-state index contributed by atoms with van der Waals surface area (Å²) in [5.74, 6) is 0. The fraction of sp³-hybridized carbons (Fsp3) is 0.0714. The molecule has 1 aromatic heterocycles. The average molecular weight is 483 g/mol. The fourth-order valence-electron chi connectivity index (χ4n) is 4.40. The number of aromatic nitrogens is 1. The second-order valence-corrected chi connectivity index (χ2v) is 10.4. The van der Waals surface area contributed by atoms with Crippen LogP contribution in [0.25, 0.3) is 22.2 Å². The van der Waals surface area contributed by atoms with E-state index in [1.54, 1.807) is 24.3 Å². The minimum absolute atomic E-state index is 0.0950. The van der Waals surface area contributed by atoms with Gasteiger partial charge in [-0.05, 0) is 36.2 Å². The molecule has 0 spiro atoms. The van der Waals surface area contributed by atoms with E-state index in [4.69, 9.17) is 0 Å². The van der Waals surface area contributed by atoms with Crippen LogP contribution in [0.2, 0.25) is 0 Å². The largest absolute Gasteiger partial charge is 0.354 e. The molecule has 0 saturated carbocycles. The summed E-state index contributed by atoms with van der Waals surface area (Å²) >= 11 is 0. The number of hydrogen-bond donors (Lipinski definition) is 1. The molecular weight excluding hydrogens is 460 g/mol. The van der Waals surface area contributed by atoms with E-state index in [1.165, 1.54) is 24.3 Å². The molecule has 0 aliphatic heterocycles. The lowest BCUT2D eigenvalue weighted by Gasteiger charge is -2.20. The zero-order valence-corrected chi connectivity index (χ0v) is 19.7. The van der Waals surface area contributed by atoms with Crippen LogP contribution in [0.5, 0.6) is 0 Å². The Morgan fingerprint density at radius 2 is 1.43 bits per heavy atom. The smallest absolute Gasteiger partial charge is 0.269 e. The van der Waals surface area contributed by atoms with Crippen LogP contribution >= 0.6 is 0 Å². The number of nitrogens with zero attached hydrogens (tertiary/aromatic N) is 1. The van der Waals surface area contributed by atoms with Gasteiger partial charge in [0.1, 0.15) is 5.25 Å². The molecule has 0 fully saturated rings. The first-order valence-electron chi connectivity index (χ1n) is 11.1. The fourth-order valence-corrected chi connectivity index (χ4v) is 6.26. The van der Waals surface area contributed by atoms with Crippen LogP contribution in [0.3, 0.4) is 0 Å². The number of hydrogen-bond acceptors (Lipinski definition) is 4. The molecule has 6 nitrogen and oxygen atoms in total. The van der Waals surface area contributed by atoms with Gasteiger partial charge in [0.15, 0.2) is 9.84 Å². The Balaban J connectivity index is 1.83. The van der Waals surface area contributed by atoms with Crippen LogP contribution in [0.4, 0.5) is 5.69 Å². The number of non-ortho nitro benzene ring substituents is 1. The van der Waals surface area contributed by atoms with Crippen molar-refractivity contribution in [3.63, 3.8) is 0 Å². The summed E-state index contributed by atoms with van der Waals surface area (Å²) in [6.45, 7) is 1.90. The highest BCUT2D eigenvalue weighted by Crippen LogP contribution is 2.44. The van der Waals surface area contributed by atoms with Crippen LogP contribution in [-0.4, -0.2) is 18.3 Å². The molecule has 0 amide bonds. The number of benzene rings is 4. The molecule has 0 radical (unpaired) electrons. The van der Waals surface area contributed by atoms with Crippen LogP contribution in [0, 0.1) is 17.0 Å². The molecule has 0 aliphatic rings. The zero-order valence-electron chi connectivity index (χ0n) is 18.9. The number of nitro benzene ring substituents is 1. The maximum Gasteiger partial charge on any atom is 0.269 e. The van der Waals surface area contributed by atoms with Gasteiger partial charge in [-0.25, -0.2) is 8.42 Å². The van der Waals surface area contributed by atoms with Crippen molar-refractivity contribution in [3.8, 4) is 11.3 Å². The first-order valence-corrected chi connectivity index (χ1v) is 12.6. The quantitative estimate of drug-likeness (QED) is 0.218. The van der Waals surface area contributed by atoms with E-state index < -0.39 is 20.0 Å². The van der Waals surface area contributed by atoms with Crippen molar-refractivity contribution in [1.29, 1.82) is 0 Å². The molecule has 5 aromatic rings. The van der Waals surface area contributed by atoms with E-state index in [0.717, 1.165) is 22.0 Å². The van der Waals surface area contributed by atoms with Gasteiger partial charge in [0, 0.05) is 28.6 Å². The minimum atomic E-state index is -3.94. The molecule has 7 heteroatoms. The third kappa shape index (κ3) is 4.11. The number of sulfone groups is 1. The maximum atomic E-state index is 14.2. The standard InChI is InChI=1S/C28H22N2O4S/c1-19-11-17-23(18-12-19)35(33,34)28(21-13-15-22(16-14-21)30(31)32)26-24-9-5-6-10-25(24)29-27(26)20-7-3-2-4-8-20/h2-18,28-29H,1H3. The Labute approximate surface area is 203 Å². The van der Waals surface area contributed by atoms with Crippen LogP contribution in [-0.2, 0) is 9.84 Å². The summed E-state index contributed by atoms with van der Waals surface area (Å²) in [6.07, 6.45) is 0. The van der Waals surface area contributed by atoms with Gasteiger partial charge in [-0.15, -0.1) is 0 Å². The molecule has 1 N–H and O–H groups in total. The Morgan fingerprint density at radius 3 is 2.09 bits per heavy atom. The van der Waals surface area contributed by atoms with Gasteiger partial charge in [0.2, 0.25) is 0 Å². The van der Waals surface area contributed by atoms with Crippen molar-refractivity contribution in [2.45, 2.75) is 17.1 Å². The molecule has 0 aliphatic carbocycles. The predicted octanol–water partition coefficient (Wildman–Crippen LogP) is 6.61. The first kappa shape index (κ1) is 22.6. The second kappa shape index (κ2) is 8.85. The van der Waals surface area contributed by atoms with Crippen molar-refractivity contribution in [2.75, 3.05) is 0 Å². The highest BCUT2D eigenvalue weighted by atomic mass is 32.2. The van der Waals surface area contributed by atoms with Gasteiger partial charge in [0.25, 0.3) is 5.69 Å². The number of nitrogens with one attached hydrogen (secondary N) is 1. The third-order valence-corrected chi connectivity index (χ3v) is 8.20. The van der Waals surface area contributed by atoms with E-state index in [-0.39, 0.29) is 10.6 Å². The van der Waals surface area contributed by atoms with E-state index in [2.05, 4.69) is 4.98 Å². The number of rotatable bonds is 6. The first-order chi connectivity index (χ1) is 16.9. The Morgan fingerprint density at radius 1 is 0.800 bits per heavy atom. The molecule has 0 saturated heterocycles. The van der Waals surface area contributed by atoms with E-state index in [1.807, 2.05) is 61.5 Å². The lowest BCUT2D eigenvalue weighted by atomic mass is 9.98. The Bertz CT molecular complexity index is 1620. The molecule has 4 aromatic carbocycles. The van der Waals surface area contributed by atoms with Gasteiger partial charge in [-0.1, -0.05) is 78.4 Å². The van der Waals surface area contributed by atoms with Crippen LogP contribution < -0.4 is 0 Å². The Hall–Kier alpha value is -4.23. The number of aryl methyl sites for hydroxylation is 1. The lowest BCUT2D eigenvalue weighted by molar-refractivity contribution is -0.384. The van der Waals surface area contributed by atoms with Crippen molar-refractivity contribution in [2.24, 2.45) is 0 Å². The topological polar surface area (TPSA) is 93.1 Å². The lowest BCUT2D eigenvalue weighted by Crippen LogP contribution is -2.16. The van der Waals surface area contributed by atoms with Gasteiger partial charge in [0.05, 0.1) is 15.5 Å². The van der Waals surface area contributed by atoms with Gasteiger partial charge >= 0.3 is 0 Å². The summed E-state index contributed by atoms with van der Waals surface area (Å²) < 4.78 is 28.5. The highest BCUT2D eigenvalue weighted by Gasteiger charge is 2.35. The van der Waals surface area contributed by atoms with Crippen molar-refractivity contribution in [3.05, 3.63) is 130 Å². The van der Waals surface area contributed by atoms with E-state index in [9.17, 15) is 18.5 Å². The van der Waals surface area contributed by atoms with E-state index in [0.29, 0.717) is 16.8 Å². The monoisotopic (exact) mass is 482 g/mol. The van der Waals surface area contributed by atoms with E-state index >= 15 is 0 Å². The molecule has 1 unspecified atom stereocenters. The summed E-state index contributed by atoms with van der Waals surface area (Å²) in [5, 5.41) is 11.0. The van der Waals surface area contributed by atoms with Crippen LogP contribution in [0.1, 0.15) is 21.9 Å². The number of nitro groups is 1. The summed E-state index contributed by atoms with van der Waals surface area (Å²) in [4.78, 5) is 14.4. The maximum absolute atomic E-state index is 14.2. The van der Waals surface area contributed by atoms with Crippen molar-refractivity contribution < 1.29 is 13.3 Å². The SMILES string of the molecule is Cc1ccc(S(=O)(=O)C(c2ccc([N+](=O)[O-])cc2)c2c(-c3ccccc3)[nH]c3ccccc23)cc1. The van der Waals surface area contributed by atoms with Gasteiger partial charge in [-0.3, -0.25) is 10.1 Å². The van der Waals surface area contributed by atoms with Gasteiger partial charge < -0.3 is 4.98 Å². The average Bonchev–Trinajstić information content (AvgIpc) is 3.24. The third-order valence-electron chi connectivity index (χ3n) is 6.14. The van der Waals surface area contributed by atoms with Gasteiger partial charge in [-0.2, -0.15) is 0 Å². The highest BCUT2D eigenvalue weighted by molar-refractivity contribution is 7.92. The van der Waals surface area contributed by atoms with Crippen LogP contribution in [0.15, 0.2) is 108 Å². The molecular formula is C28H22N2O4S. The minimum Gasteiger partial charge on any atom is -0.354 e. The summed E-state index contributed by atoms with van der Waals surface area (Å²) in [6, 6.07) is 29.7. The normalized spacial score (nSPS) is 12.5. The van der Waals surface area contributed by atoms with Crippen molar-refractivity contribution in [1.82, 2.24) is 4.98 Å². The summed E-state index contributed by atoms with van der Waals surface area (Å²) in [7, 11) is -3.94. The van der Waals surface area contributed by atoms with Crippen molar-refractivity contribution >= 4 is 26.4 Å². The molecule has 5 rings (SSSR count). The molecule has 0 bridgehead atoms. The number of H-pyrrole nitrogens is 1. The number of para-hydroxylation sites is 1. The molecule has 1 atom stereocenters. The Kier molecular flexibility index (Phi) is 5.70. The molecule has 174 valence electrons. The number of aromatic amines is 1. The molecule has 1 heterocycles. The number of fused-ring (bicyclic) bond motifs is 1. The summed E-state index contributed by atoms with van der Waals surface area (Å²) in [5.41, 5.74) is 4.29. The molecule has 35 heavy (non-hydrogen) atoms.